The van der Waals surface area contributed by atoms with Gasteiger partial charge in [-0.05, 0) is 55.4 Å². The van der Waals surface area contributed by atoms with Crippen LogP contribution in [0.25, 0.3) is 27.5 Å². The van der Waals surface area contributed by atoms with Gasteiger partial charge in [-0.1, -0.05) is 0 Å². The lowest BCUT2D eigenvalue weighted by Gasteiger charge is -2.39. The molecular formula is C25H21F4N3O3. The number of hydrogen-bond donors (Lipinski definition) is 2. The number of nitrogens with one attached hydrogen (secondary N) is 1. The van der Waals surface area contributed by atoms with Gasteiger partial charge in [-0.3, -0.25) is 5.10 Å². The summed E-state index contributed by atoms with van der Waals surface area (Å²) >= 11 is 0. The lowest BCUT2D eigenvalue weighted by Crippen LogP contribution is -2.45. The number of carbonyl (C=O) groups is 1. The molecule has 35 heavy (non-hydrogen) atoms. The molecule has 2 aliphatic rings. The van der Waals surface area contributed by atoms with Crippen LogP contribution in [0.3, 0.4) is 0 Å². The smallest absolute Gasteiger partial charge is 0.341 e. The average Bonchev–Trinajstić information content (AvgIpc) is 3.42. The second-order valence-electron chi connectivity index (χ2n) is 9.41. The van der Waals surface area contributed by atoms with Crippen LogP contribution in [-0.2, 0) is 9.53 Å². The van der Waals surface area contributed by atoms with E-state index in [2.05, 4.69) is 10.2 Å². The summed E-state index contributed by atoms with van der Waals surface area (Å²) in [7, 11) is 0. The van der Waals surface area contributed by atoms with Gasteiger partial charge in [0.25, 0.3) is 0 Å². The number of halogens is 4. The molecule has 3 heterocycles. The highest BCUT2D eigenvalue weighted by molar-refractivity contribution is 6.00. The number of carboxylic acids is 1. The minimum atomic E-state index is -2.39. The van der Waals surface area contributed by atoms with Crippen LogP contribution in [0, 0.1) is 17.5 Å². The first-order chi connectivity index (χ1) is 16.8. The van der Waals surface area contributed by atoms with E-state index < -0.39 is 35.0 Å². The molecule has 6 nitrogen and oxygen atoms in total. The molecule has 0 radical (unpaired) electrons. The predicted octanol–water partition coefficient (Wildman–Crippen LogP) is 5.49. The van der Waals surface area contributed by atoms with E-state index in [0.717, 1.165) is 12.1 Å². The minimum absolute atomic E-state index is 0.130. The van der Waals surface area contributed by atoms with Crippen molar-refractivity contribution in [1.29, 1.82) is 0 Å². The van der Waals surface area contributed by atoms with Crippen molar-refractivity contribution < 1.29 is 32.2 Å². The van der Waals surface area contributed by atoms with Crippen molar-refractivity contribution in [3.8, 4) is 5.69 Å². The zero-order valence-corrected chi connectivity index (χ0v) is 18.5. The van der Waals surface area contributed by atoms with Gasteiger partial charge in [-0.25, -0.2) is 22.4 Å². The van der Waals surface area contributed by atoms with Crippen LogP contribution in [0.15, 0.2) is 30.5 Å². The molecule has 1 saturated heterocycles. The molecular weight excluding hydrogens is 466 g/mol. The molecule has 2 aromatic heterocycles. The maximum absolute atomic E-state index is 16.0. The van der Waals surface area contributed by atoms with Gasteiger partial charge >= 0.3 is 5.97 Å². The van der Waals surface area contributed by atoms with Crippen molar-refractivity contribution in [2.45, 2.75) is 43.2 Å². The van der Waals surface area contributed by atoms with E-state index in [9.17, 15) is 23.1 Å². The molecule has 2 fully saturated rings. The van der Waals surface area contributed by atoms with Crippen molar-refractivity contribution in [1.82, 2.24) is 14.8 Å². The molecule has 1 aliphatic carbocycles. The highest BCUT2D eigenvalue weighted by atomic mass is 19.2. The Labute approximate surface area is 196 Å². The van der Waals surface area contributed by atoms with Crippen LogP contribution < -0.4 is 0 Å². The largest absolute Gasteiger partial charge is 0.479 e. The highest BCUT2D eigenvalue weighted by Crippen LogP contribution is 2.54. The number of nitrogens with zero attached hydrogens (tertiary/aromatic N) is 2. The number of aliphatic carboxylic acids is 1. The molecule has 0 spiro atoms. The van der Waals surface area contributed by atoms with Gasteiger partial charge < -0.3 is 14.4 Å². The van der Waals surface area contributed by atoms with Crippen molar-refractivity contribution in [2.75, 3.05) is 13.2 Å². The van der Waals surface area contributed by atoms with E-state index in [0.29, 0.717) is 53.9 Å². The third-order valence-electron chi connectivity index (χ3n) is 7.38. The Balaban J connectivity index is 1.69. The number of aromatic amines is 1. The average molecular weight is 487 g/mol. The standard InChI is InChI=1S/C25H21F4N3O3/c26-16-2-1-15(8-17(16)27)32-18-7-13-11-30-31-22(13)21(28)20(18)19(14-9-25(29,10-14)24(33)34)23(32)12-3-5-35-6-4-12/h1-2,7-8,11-12,14H,3-6,9-10H2,(H,30,31)(H,33,34)/t14-,25+. The zero-order chi connectivity index (χ0) is 24.5. The number of carboxylic acid groups (broad SMARTS) is 1. The predicted molar refractivity (Wildman–Crippen MR) is 119 cm³/mol. The molecule has 0 bridgehead atoms. The molecule has 2 aromatic carbocycles. The summed E-state index contributed by atoms with van der Waals surface area (Å²) in [5.41, 5.74) is -0.337. The Kier molecular flexibility index (Phi) is 4.93. The van der Waals surface area contributed by atoms with Gasteiger partial charge in [0.1, 0.15) is 5.52 Å². The van der Waals surface area contributed by atoms with Gasteiger partial charge in [-0.2, -0.15) is 5.10 Å². The van der Waals surface area contributed by atoms with E-state index in [1.807, 2.05) is 0 Å². The number of benzene rings is 2. The molecule has 182 valence electrons. The summed E-state index contributed by atoms with van der Waals surface area (Å²) in [6.07, 6.45) is 2.07. The van der Waals surface area contributed by atoms with Crippen molar-refractivity contribution in [3.63, 3.8) is 0 Å². The number of rotatable bonds is 4. The molecule has 6 rings (SSSR count). The van der Waals surface area contributed by atoms with Crippen LogP contribution in [0.1, 0.15) is 48.8 Å². The molecule has 0 unspecified atom stereocenters. The lowest BCUT2D eigenvalue weighted by atomic mass is 9.67. The summed E-state index contributed by atoms with van der Waals surface area (Å²) in [6, 6.07) is 5.19. The van der Waals surface area contributed by atoms with E-state index in [-0.39, 0.29) is 29.7 Å². The molecule has 2 N–H and O–H groups in total. The summed E-state index contributed by atoms with van der Waals surface area (Å²) in [5.74, 6) is -4.88. The van der Waals surface area contributed by atoms with Gasteiger partial charge in [0.05, 0.1) is 11.7 Å². The quantitative estimate of drug-likeness (QED) is 0.373. The van der Waals surface area contributed by atoms with Crippen LogP contribution in [0.4, 0.5) is 17.6 Å². The van der Waals surface area contributed by atoms with E-state index >= 15 is 4.39 Å². The van der Waals surface area contributed by atoms with Crippen LogP contribution in [-0.4, -0.2) is 44.7 Å². The summed E-state index contributed by atoms with van der Waals surface area (Å²) in [6.45, 7) is 0.924. The second kappa shape index (κ2) is 7.81. The first-order valence-corrected chi connectivity index (χ1v) is 11.4. The van der Waals surface area contributed by atoms with Crippen LogP contribution in [0.2, 0.25) is 0 Å². The monoisotopic (exact) mass is 487 g/mol. The van der Waals surface area contributed by atoms with Crippen molar-refractivity contribution in [3.05, 3.63) is 59.2 Å². The van der Waals surface area contributed by atoms with Crippen LogP contribution >= 0.6 is 0 Å². The molecule has 1 aliphatic heterocycles. The number of hydrogen-bond acceptors (Lipinski definition) is 3. The summed E-state index contributed by atoms with van der Waals surface area (Å²) < 4.78 is 66.2. The second-order valence-corrected chi connectivity index (χ2v) is 9.41. The Hall–Kier alpha value is -3.40. The van der Waals surface area contributed by atoms with Crippen LogP contribution in [0.5, 0.6) is 0 Å². The Morgan fingerprint density at radius 2 is 1.86 bits per heavy atom. The van der Waals surface area contributed by atoms with Crippen molar-refractivity contribution in [2.24, 2.45) is 0 Å². The molecule has 0 atom stereocenters. The third kappa shape index (κ3) is 3.26. The van der Waals surface area contributed by atoms with Gasteiger partial charge in [0, 0.05) is 47.4 Å². The third-order valence-corrected chi connectivity index (χ3v) is 7.38. The Morgan fingerprint density at radius 1 is 1.11 bits per heavy atom. The fourth-order valence-corrected chi connectivity index (χ4v) is 5.64. The molecule has 1 saturated carbocycles. The number of fused-ring (bicyclic) bond motifs is 2. The number of alkyl halides is 1. The maximum atomic E-state index is 16.0. The Bertz CT molecular complexity index is 1480. The van der Waals surface area contributed by atoms with Gasteiger partial charge in [0.2, 0.25) is 5.67 Å². The molecule has 4 aromatic rings. The maximum Gasteiger partial charge on any atom is 0.341 e. The topological polar surface area (TPSA) is 80.1 Å². The Morgan fingerprint density at radius 3 is 2.54 bits per heavy atom. The minimum Gasteiger partial charge on any atom is -0.479 e. The van der Waals surface area contributed by atoms with Crippen molar-refractivity contribution >= 4 is 27.8 Å². The lowest BCUT2D eigenvalue weighted by molar-refractivity contribution is -0.158. The van der Waals surface area contributed by atoms with Gasteiger partial charge in [-0.15, -0.1) is 0 Å². The number of H-pyrrole nitrogens is 1. The first-order valence-electron chi connectivity index (χ1n) is 11.4. The van der Waals surface area contributed by atoms with E-state index in [1.165, 1.54) is 12.3 Å². The molecule has 0 amide bonds. The van der Waals surface area contributed by atoms with E-state index in [4.69, 9.17) is 4.74 Å². The highest BCUT2D eigenvalue weighted by Gasteiger charge is 2.53. The summed E-state index contributed by atoms with van der Waals surface area (Å²) in [4.78, 5) is 11.5. The summed E-state index contributed by atoms with van der Waals surface area (Å²) in [5, 5.41) is 16.6. The SMILES string of the molecule is O=C(O)[C@]1(F)C[C@@H](c2c(C3CCOCC3)n(-c3ccc(F)c(F)c3)c3cc4cn[nH]c4c(F)c32)C1. The fourth-order valence-electron chi connectivity index (χ4n) is 5.64. The number of ether oxygens (including phenoxy) is 1. The fraction of sp³-hybridized carbons (Fsp3) is 0.360. The normalized spacial score (nSPS) is 23.1. The zero-order valence-electron chi connectivity index (χ0n) is 18.5. The number of aromatic nitrogens is 3. The molecule has 10 heteroatoms. The first kappa shape index (κ1) is 22.1. The van der Waals surface area contributed by atoms with E-state index in [1.54, 1.807) is 10.6 Å². The van der Waals surface area contributed by atoms with Gasteiger partial charge in [0.15, 0.2) is 17.5 Å².